The fourth-order valence-corrected chi connectivity index (χ4v) is 6.33. The van der Waals surface area contributed by atoms with E-state index in [1.807, 2.05) is 45.2 Å². The molecule has 2 rings (SSSR count). The van der Waals surface area contributed by atoms with Gasteiger partial charge >= 0.3 is 29.8 Å². The van der Waals surface area contributed by atoms with Crippen LogP contribution in [0.1, 0.15) is 5.56 Å². The summed E-state index contributed by atoms with van der Waals surface area (Å²) in [4.78, 5) is 61.3. The van der Waals surface area contributed by atoms with Crippen LogP contribution >= 0.6 is 45.2 Å². The second-order valence-corrected chi connectivity index (χ2v) is 11.9. The summed E-state index contributed by atoms with van der Waals surface area (Å²) in [6.07, 6.45) is -0.0451. The molecule has 0 aliphatic rings. The summed E-state index contributed by atoms with van der Waals surface area (Å²) in [5, 5.41) is 56.5. The van der Waals surface area contributed by atoms with Crippen molar-refractivity contribution in [3.63, 3.8) is 0 Å². The van der Waals surface area contributed by atoms with Crippen LogP contribution in [0.4, 0.5) is 0 Å². The molecule has 2 aromatic carbocycles. The van der Waals surface area contributed by atoms with Crippen molar-refractivity contribution in [2.75, 3.05) is 52.4 Å². The molecule has 0 heterocycles. The molecule has 240 valence electrons. The summed E-state index contributed by atoms with van der Waals surface area (Å²) in [5.74, 6) is -5.29. The lowest BCUT2D eigenvalue weighted by atomic mass is 10.0. The third-order valence-electron chi connectivity index (χ3n) is 6.11. The lowest BCUT2D eigenvalue weighted by molar-refractivity contribution is -0.146. The third-order valence-corrected chi connectivity index (χ3v) is 7.71. The number of benzene rings is 2. The number of hydrogen-bond acceptors (Lipinski definition) is 10. The number of halogens is 2. The number of phenols is 1. The third kappa shape index (κ3) is 13.2. The Balaban J connectivity index is 2.36. The van der Waals surface area contributed by atoms with E-state index in [1.165, 1.54) is 17.0 Å². The van der Waals surface area contributed by atoms with Gasteiger partial charge in [0.15, 0.2) is 5.75 Å². The van der Waals surface area contributed by atoms with Gasteiger partial charge in [-0.05, 0) is 93.6 Å². The van der Waals surface area contributed by atoms with Gasteiger partial charge in [0.25, 0.3) is 0 Å². The van der Waals surface area contributed by atoms with E-state index < -0.39 is 62.1 Å². The number of carbonyl (C=O) groups is 5. The number of aliphatic carboxylic acids is 5. The smallest absolute Gasteiger partial charge is 0.321 e. The lowest BCUT2D eigenvalue weighted by Crippen LogP contribution is -2.50. The number of carboxylic acid groups (broad SMARTS) is 5. The Labute approximate surface area is 278 Å². The van der Waals surface area contributed by atoms with Gasteiger partial charge in [-0.3, -0.25) is 38.7 Å². The molecule has 0 radical (unpaired) electrons. The summed E-state index contributed by atoms with van der Waals surface area (Å²) in [6, 6.07) is 8.35. The van der Waals surface area contributed by atoms with Crippen LogP contribution in [-0.4, -0.2) is 134 Å². The molecule has 0 fully saturated rings. The van der Waals surface area contributed by atoms with Gasteiger partial charge in [-0.2, -0.15) is 0 Å². The molecule has 0 aromatic heterocycles. The molecular weight excluding hydrogens is 812 g/mol. The van der Waals surface area contributed by atoms with E-state index in [-0.39, 0.29) is 38.3 Å². The van der Waals surface area contributed by atoms with Crippen LogP contribution < -0.4 is 4.74 Å². The molecule has 0 amide bonds. The quantitative estimate of drug-likeness (QED) is 0.104. The van der Waals surface area contributed by atoms with Gasteiger partial charge < -0.3 is 35.4 Å². The Morgan fingerprint density at radius 1 is 0.682 bits per heavy atom. The molecule has 0 unspecified atom stereocenters. The molecule has 0 saturated carbocycles. The molecule has 0 aliphatic carbocycles. The molecule has 0 bridgehead atoms. The van der Waals surface area contributed by atoms with Crippen LogP contribution in [-0.2, 0) is 30.4 Å². The minimum atomic E-state index is -1.28. The largest absolute Gasteiger partial charge is 0.508 e. The van der Waals surface area contributed by atoms with E-state index in [9.17, 15) is 54.6 Å². The van der Waals surface area contributed by atoms with Crippen molar-refractivity contribution in [2.45, 2.75) is 12.5 Å². The summed E-state index contributed by atoms with van der Waals surface area (Å²) in [6.45, 7) is -2.95. The number of carboxylic acids is 5. The molecule has 44 heavy (non-hydrogen) atoms. The molecule has 0 spiro atoms. The summed E-state index contributed by atoms with van der Waals surface area (Å²) in [7, 11) is 0. The Bertz CT molecular complexity index is 1250. The van der Waals surface area contributed by atoms with Crippen molar-refractivity contribution in [1.82, 2.24) is 14.7 Å². The predicted molar refractivity (Wildman–Crippen MR) is 170 cm³/mol. The number of hydrogen-bond donors (Lipinski definition) is 6. The van der Waals surface area contributed by atoms with Gasteiger partial charge in [-0.15, -0.1) is 0 Å². The van der Waals surface area contributed by atoms with Crippen molar-refractivity contribution in [2.24, 2.45) is 0 Å². The standard InChI is InChI=1S/C27H31I2N3O12/c28-19-9-16(10-20(29)26(19)44-18-3-1-17(33)2-4-18)11-21(27(42)43)32(7-5-30(12-22(34)35)13-23(36)37)8-6-31(14-24(38)39)15-25(40)41/h1-4,9-10,21,33H,5-8,11-15H2,(H,34,35)(H,36,37)(H,38,39)(H,40,41)(H,42,43)/t21-/m1/s1. The maximum absolute atomic E-state index is 12.6. The van der Waals surface area contributed by atoms with Crippen molar-refractivity contribution in [3.8, 4) is 17.2 Å². The molecule has 15 nitrogen and oxygen atoms in total. The van der Waals surface area contributed by atoms with Crippen LogP contribution in [0.25, 0.3) is 0 Å². The molecule has 0 saturated heterocycles. The van der Waals surface area contributed by atoms with Crippen LogP contribution in [0.3, 0.4) is 0 Å². The van der Waals surface area contributed by atoms with Gasteiger partial charge in [0.2, 0.25) is 0 Å². The second-order valence-electron chi connectivity index (χ2n) is 9.57. The zero-order valence-corrected chi connectivity index (χ0v) is 27.5. The maximum atomic E-state index is 12.6. The van der Waals surface area contributed by atoms with Gasteiger partial charge in [-0.25, -0.2) is 0 Å². The maximum Gasteiger partial charge on any atom is 0.321 e. The SMILES string of the molecule is O=C(O)CN(CCN(CCN(CC(=O)O)CC(=O)O)[C@H](Cc1cc(I)c(Oc2ccc(O)cc2)c(I)c1)C(=O)O)CC(=O)O. The summed E-state index contributed by atoms with van der Waals surface area (Å²) < 4.78 is 7.28. The highest BCUT2D eigenvalue weighted by Gasteiger charge is 2.29. The van der Waals surface area contributed by atoms with E-state index in [4.69, 9.17) is 4.74 Å². The van der Waals surface area contributed by atoms with Crippen molar-refractivity contribution in [3.05, 3.63) is 49.1 Å². The monoisotopic (exact) mass is 843 g/mol. The molecule has 6 N–H and O–H groups in total. The van der Waals surface area contributed by atoms with Crippen LogP contribution in [0.2, 0.25) is 0 Å². The first-order valence-electron chi connectivity index (χ1n) is 12.9. The van der Waals surface area contributed by atoms with Crippen molar-refractivity contribution in [1.29, 1.82) is 0 Å². The van der Waals surface area contributed by atoms with Crippen LogP contribution in [0.5, 0.6) is 17.2 Å². The number of phenolic OH excluding ortho intramolecular Hbond substituents is 1. The first-order valence-corrected chi connectivity index (χ1v) is 15.0. The summed E-state index contributed by atoms with van der Waals surface area (Å²) in [5.41, 5.74) is 0.607. The average Bonchev–Trinajstić information content (AvgIpc) is 2.89. The Kier molecular flexibility index (Phi) is 15.0. The van der Waals surface area contributed by atoms with Crippen LogP contribution in [0.15, 0.2) is 36.4 Å². The number of nitrogens with zero attached hydrogens (tertiary/aromatic N) is 3. The number of rotatable bonds is 20. The summed E-state index contributed by atoms with van der Waals surface area (Å²) >= 11 is 4.09. The zero-order valence-electron chi connectivity index (χ0n) is 23.1. The predicted octanol–water partition coefficient (Wildman–Crippen LogP) is 1.63. The van der Waals surface area contributed by atoms with E-state index >= 15 is 0 Å². The van der Waals surface area contributed by atoms with Crippen molar-refractivity contribution >= 4 is 75.0 Å². The highest BCUT2D eigenvalue weighted by Crippen LogP contribution is 2.34. The minimum absolute atomic E-state index is 0.0451. The minimum Gasteiger partial charge on any atom is -0.508 e. The van der Waals surface area contributed by atoms with Gasteiger partial charge in [0.1, 0.15) is 17.5 Å². The van der Waals surface area contributed by atoms with E-state index in [2.05, 4.69) is 0 Å². The molecule has 0 aliphatic heterocycles. The van der Waals surface area contributed by atoms with Gasteiger partial charge in [0, 0.05) is 26.2 Å². The first-order chi connectivity index (χ1) is 20.6. The molecular formula is C27H31I2N3O12. The Hall–Kier alpha value is -3.27. The van der Waals surface area contributed by atoms with Crippen LogP contribution in [0, 0.1) is 7.14 Å². The van der Waals surface area contributed by atoms with Gasteiger partial charge in [-0.1, -0.05) is 0 Å². The molecule has 1 atom stereocenters. The van der Waals surface area contributed by atoms with E-state index in [1.54, 1.807) is 24.3 Å². The number of ether oxygens (including phenoxy) is 1. The van der Waals surface area contributed by atoms with Crippen molar-refractivity contribution < 1.29 is 59.3 Å². The normalized spacial score (nSPS) is 11.9. The molecule has 2 aromatic rings. The van der Waals surface area contributed by atoms with E-state index in [0.717, 1.165) is 9.80 Å². The topological polar surface area (TPSA) is 226 Å². The first kappa shape index (κ1) is 36.9. The second kappa shape index (κ2) is 17.9. The Morgan fingerprint density at radius 3 is 1.45 bits per heavy atom. The average molecular weight is 843 g/mol. The van der Waals surface area contributed by atoms with Gasteiger partial charge in [0.05, 0.1) is 33.3 Å². The highest BCUT2D eigenvalue weighted by molar-refractivity contribution is 14.1. The van der Waals surface area contributed by atoms with E-state index in [0.29, 0.717) is 24.2 Å². The fraction of sp³-hybridized carbons (Fsp3) is 0.370. The fourth-order valence-electron chi connectivity index (χ4n) is 4.21. The Morgan fingerprint density at radius 2 is 1.09 bits per heavy atom. The number of aromatic hydroxyl groups is 1. The zero-order chi connectivity index (χ0) is 33.0. The molecule has 17 heteroatoms. The lowest BCUT2D eigenvalue weighted by Gasteiger charge is -2.32. The highest BCUT2D eigenvalue weighted by atomic mass is 127.